The molecule has 0 spiro atoms. The second kappa shape index (κ2) is 30.4. The Morgan fingerprint density at radius 1 is 0.262 bits per heavy atom. The predicted molar refractivity (Wildman–Crippen MR) is 304 cm³/mol. The average Bonchev–Trinajstić information content (AvgIpc) is 3.67. The lowest BCUT2D eigenvalue weighted by Crippen LogP contribution is -2.47. The van der Waals surface area contributed by atoms with E-state index >= 15 is 0 Å². The first kappa shape index (κ1) is 66.6. The van der Waals surface area contributed by atoms with Gasteiger partial charge in [-0.2, -0.15) is 0 Å². The molecule has 0 saturated heterocycles. The molecule has 0 fully saturated rings. The van der Waals surface area contributed by atoms with Crippen molar-refractivity contribution in [2.75, 3.05) is 81.3 Å². The van der Waals surface area contributed by atoms with Crippen LogP contribution in [0, 0.1) is 21.7 Å². The number of hydrogen-bond acceptors (Lipinski definition) is 20. The Kier molecular flexibility index (Phi) is 24.1. The molecule has 84 heavy (non-hydrogen) atoms. The molecule has 5 rings (SSSR count). The maximum Gasteiger partial charge on any atom is 0.324 e. The van der Waals surface area contributed by atoms with Crippen LogP contribution in [0.2, 0.25) is 0 Å². The molecule has 4 aromatic rings. The highest BCUT2D eigenvalue weighted by Gasteiger charge is 2.55. The smallest absolute Gasteiger partial charge is 0.324 e. The molecule has 0 aliphatic heterocycles. The topological polar surface area (TPSA) is 247 Å². The third-order valence-corrected chi connectivity index (χ3v) is 14.8. The summed E-state index contributed by atoms with van der Waals surface area (Å²) < 4.78 is 70.7. The molecule has 0 radical (unpaired) electrons. The number of methoxy groups -OCH3 is 4. The van der Waals surface area contributed by atoms with Crippen molar-refractivity contribution in [1.82, 2.24) is 0 Å². The first-order valence-corrected chi connectivity index (χ1v) is 28.3. The van der Waals surface area contributed by atoms with Crippen LogP contribution in [0.4, 0.5) is 0 Å². The molecule has 0 atom stereocenters. The van der Waals surface area contributed by atoms with Crippen LogP contribution in [-0.4, -0.2) is 129 Å². The minimum atomic E-state index is -2.22. The summed E-state index contributed by atoms with van der Waals surface area (Å²) in [6.45, 7) is 11.4. The van der Waals surface area contributed by atoms with Crippen LogP contribution in [0.1, 0.15) is 99.9 Å². The van der Waals surface area contributed by atoms with E-state index in [9.17, 15) is 38.4 Å². The highest BCUT2D eigenvalue weighted by molar-refractivity contribution is 6.04. The monoisotopic (exact) mass is 1170 g/mol. The fourth-order valence-electron chi connectivity index (χ4n) is 11.2. The van der Waals surface area contributed by atoms with E-state index in [4.69, 9.17) is 56.8 Å². The third-order valence-electron chi connectivity index (χ3n) is 14.8. The maximum atomic E-state index is 14.9. The Morgan fingerprint density at radius 2 is 0.381 bits per heavy atom. The number of rotatable bonds is 20. The first-order valence-electron chi connectivity index (χ1n) is 28.3. The lowest BCUT2D eigenvalue weighted by atomic mass is 9.72. The summed E-state index contributed by atoms with van der Waals surface area (Å²) in [5, 5.41) is 0. The second-order valence-electron chi connectivity index (χ2n) is 19.9. The molecule has 456 valence electrons. The SMILES string of the molecule is CCOC(=O)C1(C(=O)OCC)Cc2cccc(c2OC)CC(C(=O)OCC)(C(=O)OCC)Cc2cccc(c2OC)CC(C(=O)OCC)(C(=O)OCC)Cc2cccc(c2OC)CC(C(=O)OCC)(C(=O)OCC)Cc2cccc(c2OC)C1. The van der Waals surface area contributed by atoms with Gasteiger partial charge in [0.15, 0.2) is 21.7 Å². The summed E-state index contributed by atoms with van der Waals surface area (Å²) in [5.74, 6) is -7.49. The normalized spacial score (nSPS) is 15.2. The van der Waals surface area contributed by atoms with Gasteiger partial charge in [-0.05, 0) is 99.9 Å². The molecule has 20 heteroatoms. The predicted octanol–water partition coefficient (Wildman–Crippen LogP) is 7.63. The quantitative estimate of drug-likeness (QED) is 0.0469. The summed E-state index contributed by atoms with van der Waals surface area (Å²) in [5.41, 5.74) is -6.92. The van der Waals surface area contributed by atoms with Gasteiger partial charge < -0.3 is 56.8 Å². The average molecular weight is 1170 g/mol. The fourth-order valence-corrected chi connectivity index (χ4v) is 11.2. The second-order valence-corrected chi connectivity index (χ2v) is 19.9. The van der Waals surface area contributed by atoms with Crippen LogP contribution in [0.25, 0.3) is 0 Å². The molecule has 0 unspecified atom stereocenters. The summed E-state index contributed by atoms with van der Waals surface area (Å²) >= 11 is 0. The van der Waals surface area contributed by atoms with Crippen LogP contribution in [0.5, 0.6) is 23.0 Å². The molecule has 4 aromatic carbocycles. The van der Waals surface area contributed by atoms with E-state index in [0.29, 0.717) is 0 Å². The van der Waals surface area contributed by atoms with Gasteiger partial charge in [-0.3, -0.25) is 38.4 Å². The summed E-state index contributed by atoms with van der Waals surface area (Å²) in [6.07, 6.45) is -3.63. The highest BCUT2D eigenvalue weighted by atomic mass is 16.6. The number of esters is 8. The summed E-state index contributed by atoms with van der Waals surface area (Å²) in [6, 6.07) is 19.4. The standard InChI is InChI=1S/C64H80O20/c1-13-77-53(65)61(54(66)78-14-2)33-41-25-21-27-43(49(41)73-9)35-62(55(67)79-15-3,56(68)80-16-4)37-45-29-23-31-47(51(45)75-11)39-64(59(71)83-19-7,60(72)84-20-8)40-48-32-24-30-46(52(48)76-12)38-63(57(69)81-17-5,58(70)82-18-6)36-44-28-22-26-42(34-61)50(44)74-10/h21-32H,13-20,33-40H2,1-12H3. The Balaban J connectivity index is 2.05. The first-order chi connectivity index (χ1) is 40.3. The van der Waals surface area contributed by atoms with Gasteiger partial charge in [-0.1, -0.05) is 72.8 Å². The Hall–Kier alpha value is -8.16. The van der Waals surface area contributed by atoms with Gasteiger partial charge in [0.2, 0.25) is 0 Å². The van der Waals surface area contributed by atoms with Crippen molar-refractivity contribution in [1.29, 1.82) is 0 Å². The molecule has 1 aliphatic carbocycles. The molecule has 1 aliphatic rings. The van der Waals surface area contributed by atoms with Gasteiger partial charge in [0.1, 0.15) is 23.0 Å². The van der Waals surface area contributed by atoms with E-state index in [0.717, 1.165) is 0 Å². The minimum Gasteiger partial charge on any atom is -0.496 e. The van der Waals surface area contributed by atoms with Crippen LogP contribution < -0.4 is 18.9 Å². The van der Waals surface area contributed by atoms with E-state index in [2.05, 4.69) is 0 Å². The molecule has 0 N–H and O–H groups in total. The fraction of sp³-hybridized carbons (Fsp3) is 0.500. The lowest BCUT2D eigenvalue weighted by Gasteiger charge is -2.34. The zero-order valence-corrected chi connectivity index (χ0v) is 50.4. The largest absolute Gasteiger partial charge is 0.496 e. The third kappa shape index (κ3) is 13.9. The molecular formula is C64H80O20. The van der Waals surface area contributed by atoms with Crippen molar-refractivity contribution < 1.29 is 95.2 Å². The van der Waals surface area contributed by atoms with E-state index < -0.39 is 121 Å². The number of hydrogen-bond donors (Lipinski definition) is 0. The van der Waals surface area contributed by atoms with Crippen molar-refractivity contribution in [3.63, 3.8) is 0 Å². The molecule has 0 aromatic heterocycles. The molecule has 0 saturated carbocycles. The van der Waals surface area contributed by atoms with Crippen molar-refractivity contribution in [2.24, 2.45) is 21.7 Å². The van der Waals surface area contributed by atoms with Crippen molar-refractivity contribution in [2.45, 2.75) is 107 Å². The van der Waals surface area contributed by atoms with Gasteiger partial charge in [0.25, 0.3) is 0 Å². The number of para-hydroxylation sites is 4. The van der Waals surface area contributed by atoms with Crippen molar-refractivity contribution >= 4 is 47.8 Å². The molecule has 8 bridgehead atoms. The maximum absolute atomic E-state index is 14.9. The molecule has 20 nitrogen and oxygen atoms in total. The van der Waals surface area contributed by atoms with Crippen LogP contribution in [0.3, 0.4) is 0 Å². The highest BCUT2D eigenvalue weighted by Crippen LogP contribution is 2.46. The molecular weight excluding hydrogens is 1090 g/mol. The van der Waals surface area contributed by atoms with Gasteiger partial charge in [0.05, 0.1) is 81.3 Å². The number of carbonyl (C=O) groups is 8. The zero-order valence-electron chi connectivity index (χ0n) is 50.4. The molecule has 0 amide bonds. The van der Waals surface area contributed by atoms with Gasteiger partial charge in [0, 0.05) is 51.4 Å². The number of carbonyl (C=O) groups excluding carboxylic acids is 8. The van der Waals surface area contributed by atoms with Gasteiger partial charge >= 0.3 is 47.8 Å². The van der Waals surface area contributed by atoms with Crippen molar-refractivity contribution in [3.05, 3.63) is 117 Å². The number of fused-ring (bicyclic) bond motifs is 8. The van der Waals surface area contributed by atoms with E-state index in [1.54, 1.807) is 128 Å². The number of benzene rings is 4. The van der Waals surface area contributed by atoms with E-state index in [-0.39, 0.29) is 120 Å². The van der Waals surface area contributed by atoms with Crippen molar-refractivity contribution in [3.8, 4) is 23.0 Å². The van der Waals surface area contributed by atoms with Gasteiger partial charge in [-0.25, -0.2) is 0 Å². The van der Waals surface area contributed by atoms with Gasteiger partial charge in [-0.15, -0.1) is 0 Å². The van der Waals surface area contributed by atoms with Crippen LogP contribution >= 0.6 is 0 Å². The van der Waals surface area contributed by atoms with Crippen LogP contribution in [-0.2, 0) is 128 Å². The summed E-state index contributed by atoms with van der Waals surface area (Å²) in [7, 11) is 5.42. The van der Waals surface area contributed by atoms with Crippen LogP contribution in [0.15, 0.2) is 72.8 Å². The molecule has 0 heterocycles. The summed E-state index contributed by atoms with van der Waals surface area (Å²) in [4.78, 5) is 119. The van der Waals surface area contributed by atoms with E-state index in [1.807, 2.05) is 0 Å². The lowest BCUT2D eigenvalue weighted by molar-refractivity contribution is -0.173. The Bertz CT molecular complexity index is 2420. The Labute approximate surface area is 491 Å². The zero-order chi connectivity index (χ0) is 61.8. The minimum absolute atomic E-state index is 0.0743. The Morgan fingerprint density at radius 3 is 0.476 bits per heavy atom. The van der Waals surface area contributed by atoms with E-state index in [1.165, 1.54) is 28.4 Å². The number of ether oxygens (including phenoxy) is 12.